The maximum Gasteiger partial charge on any atom is 0.162 e. The number of piperidine rings is 1. The van der Waals surface area contributed by atoms with Crippen LogP contribution >= 0.6 is 0 Å². The smallest absolute Gasteiger partial charge is 0.162 e. The Labute approximate surface area is 165 Å². The molecule has 5 heteroatoms. The fourth-order valence-corrected chi connectivity index (χ4v) is 7.83. The number of nitrogens with zero attached hydrogens (tertiary/aromatic N) is 1. The van der Waals surface area contributed by atoms with Gasteiger partial charge in [-0.05, 0) is 31.4 Å². The molecule has 5 fully saturated rings. The highest BCUT2D eigenvalue weighted by Crippen LogP contribution is 2.69. The minimum Gasteiger partial charge on any atom is -0.510 e. The number of carbonyl (C=O) groups excluding carboxylic acids is 1. The first-order valence-electron chi connectivity index (χ1n) is 10.9. The van der Waals surface area contributed by atoms with Gasteiger partial charge in [-0.3, -0.25) is 4.79 Å². The van der Waals surface area contributed by atoms with Crippen LogP contribution < -0.4 is 0 Å². The van der Waals surface area contributed by atoms with E-state index in [2.05, 4.69) is 6.58 Å². The van der Waals surface area contributed by atoms with Gasteiger partial charge in [-0.25, -0.2) is 0 Å². The molecule has 0 aromatic heterocycles. The van der Waals surface area contributed by atoms with E-state index in [1.54, 1.807) is 6.08 Å². The van der Waals surface area contributed by atoms with Crippen LogP contribution in [-0.4, -0.2) is 64.0 Å². The Kier molecular flexibility index (Phi) is 3.35. The van der Waals surface area contributed by atoms with Crippen molar-refractivity contribution in [3.05, 3.63) is 36.1 Å². The number of allylic oxidation sites excluding steroid dienone is 2. The first-order valence-corrected chi connectivity index (χ1v) is 10.9. The Hall–Kier alpha value is -1.43. The fourth-order valence-electron chi connectivity index (χ4n) is 7.83. The van der Waals surface area contributed by atoms with E-state index in [1.165, 1.54) is 18.4 Å². The third-order valence-corrected chi connectivity index (χ3v) is 9.04. The van der Waals surface area contributed by atoms with E-state index in [9.17, 15) is 15.0 Å². The van der Waals surface area contributed by atoms with E-state index in [1.807, 2.05) is 12.2 Å². The van der Waals surface area contributed by atoms with Gasteiger partial charge in [0.2, 0.25) is 0 Å². The summed E-state index contributed by atoms with van der Waals surface area (Å²) < 4.78 is 7.14. The third-order valence-electron chi connectivity index (χ3n) is 9.04. The SMILES string of the molecule is C=CC[N+]1(CC2CC2)CC[C@]23C4C5=CC=C(O)C4O[C@H]2C(=O)CC[C@@]3(O)[C@H]1C5. The van der Waals surface area contributed by atoms with Crippen LogP contribution in [0.1, 0.15) is 38.5 Å². The number of Topliss-reactive ketones (excluding diaryl/α,β-unsaturated/α-hetero) is 1. The second-order valence-electron chi connectivity index (χ2n) is 10.2. The first-order chi connectivity index (χ1) is 13.5. The van der Waals surface area contributed by atoms with E-state index in [0.717, 1.165) is 42.9 Å². The average molecular weight is 384 g/mol. The second kappa shape index (κ2) is 5.38. The highest BCUT2D eigenvalue weighted by molar-refractivity contribution is 5.86. The summed E-state index contributed by atoms with van der Waals surface area (Å²) in [7, 11) is 0. The normalized spacial score (nSPS) is 51.2. The number of likely N-dealkylation sites (tertiary alicyclic amines) is 1. The van der Waals surface area contributed by atoms with Gasteiger partial charge in [0.05, 0.1) is 25.0 Å². The maximum atomic E-state index is 12.9. The number of aliphatic hydroxyl groups is 2. The van der Waals surface area contributed by atoms with Crippen molar-refractivity contribution in [1.29, 1.82) is 0 Å². The Morgan fingerprint density at radius 3 is 2.89 bits per heavy atom. The van der Waals surface area contributed by atoms with Crippen molar-refractivity contribution in [2.75, 3.05) is 19.6 Å². The number of carbonyl (C=O) groups is 1. The molecule has 3 unspecified atom stereocenters. The molecule has 2 aliphatic heterocycles. The van der Waals surface area contributed by atoms with Crippen LogP contribution in [0.5, 0.6) is 0 Å². The molecule has 0 aromatic rings. The summed E-state index contributed by atoms with van der Waals surface area (Å²) in [6.45, 7) is 7.00. The van der Waals surface area contributed by atoms with Gasteiger partial charge < -0.3 is 19.4 Å². The summed E-state index contributed by atoms with van der Waals surface area (Å²) in [6, 6.07) is 0.0777. The summed E-state index contributed by atoms with van der Waals surface area (Å²) in [5, 5.41) is 22.9. The van der Waals surface area contributed by atoms with E-state index in [0.29, 0.717) is 12.8 Å². The summed E-state index contributed by atoms with van der Waals surface area (Å²) in [5.74, 6) is 1.01. The lowest BCUT2D eigenvalue weighted by Gasteiger charge is -2.67. The highest BCUT2D eigenvalue weighted by atomic mass is 16.5. The zero-order chi connectivity index (χ0) is 19.3. The van der Waals surface area contributed by atoms with Crippen LogP contribution in [0.25, 0.3) is 0 Å². The van der Waals surface area contributed by atoms with Gasteiger partial charge >= 0.3 is 0 Å². The number of rotatable bonds is 4. The lowest BCUT2D eigenvalue weighted by molar-refractivity contribution is -0.964. The van der Waals surface area contributed by atoms with Crippen molar-refractivity contribution in [2.24, 2.45) is 17.3 Å². The Morgan fingerprint density at radius 2 is 2.14 bits per heavy atom. The van der Waals surface area contributed by atoms with Gasteiger partial charge in [-0.2, -0.15) is 0 Å². The molecule has 2 saturated heterocycles. The monoisotopic (exact) mass is 384 g/mol. The van der Waals surface area contributed by atoms with Crippen LogP contribution in [0.15, 0.2) is 36.1 Å². The first kappa shape index (κ1) is 17.4. The number of ether oxygens (including phenoxy) is 1. The molecule has 0 amide bonds. The summed E-state index contributed by atoms with van der Waals surface area (Å²) >= 11 is 0. The molecule has 5 nitrogen and oxygen atoms in total. The van der Waals surface area contributed by atoms with Gasteiger partial charge in [-0.15, -0.1) is 0 Å². The zero-order valence-corrected chi connectivity index (χ0v) is 16.3. The van der Waals surface area contributed by atoms with Gasteiger partial charge in [0.25, 0.3) is 0 Å². The van der Waals surface area contributed by atoms with Crippen molar-refractivity contribution in [3.63, 3.8) is 0 Å². The molecule has 2 heterocycles. The van der Waals surface area contributed by atoms with Crippen molar-refractivity contribution < 1.29 is 24.2 Å². The zero-order valence-electron chi connectivity index (χ0n) is 16.3. The van der Waals surface area contributed by atoms with Crippen molar-refractivity contribution >= 4 is 5.78 Å². The molecule has 2 N–H and O–H groups in total. The van der Waals surface area contributed by atoms with Crippen LogP contribution in [-0.2, 0) is 9.53 Å². The van der Waals surface area contributed by atoms with Crippen LogP contribution in [0.3, 0.4) is 0 Å². The molecular formula is C23H30NO4+. The second-order valence-corrected chi connectivity index (χ2v) is 10.2. The van der Waals surface area contributed by atoms with Crippen LogP contribution in [0.2, 0.25) is 0 Å². The molecular weight excluding hydrogens is 354 g/mol. The van der Waals surface area contributed by atoms with Crippen LogP contribution in [0.4, 0.5) is 0 Å². The molecule has 0 radical (unpaired) electrons. The molecule has 4 aliphatic carbocycles. The standard InChI is InChI=1S/C23H29NO4/c1-2-10-24(13-14-3-4-14)11-9-22-19-15-5-6-16(25)20(19)28-21(22)17(26)7-8-23(22,27)18(24)12-15/h2,5-6,14,18-21,27H,1,3-4,7-13H2/p+1/t18-,19?,20?,21+,22+,23-,24?/m1/s1. The van der Waals surface area contributed by atoms with Crippen molar-refractivity contribution in [2.45, 2.75) is 62.4 Å². The molecule has 2 bridgehead atoms. The number of hydrogen-bond donors (Lipinski definition) is 2. The van der Waals surface area contributed by atoms with E-state index in [-0.39, 0.29) is 23.5 Å². The number of quaternary nitrogens is 1. The largest absolute Gasteiger partial charge is 0.510 e. The van der Waals surface area contributed by atoms with E-state index in [4.69, 9.17) is 4.74 Å². The predicted octanol–water partition coefficient (Wildman–Crippen LogP) is 2.42. The van der Waals surface area contributed by atoms with Gasteiger partial charge in [0, 0.05) is 31.1 Å². The predicted molar refractivity (Wildman–Crippen MR) is 103 cm³/mol. The highest BCUT2D eigenvalue weighted by Gasteiger charge is 2.80. The fraction of sp³-hybridized carbons (Fsp3) is 0.696. The molecule has 1 spiro atoms. The van der Waals surface area contributed by atoms with Gasteiger partial charge in [0.15, 0.2) is 5.78 Å². The Balaban J connectivity index is 1.55. The van der Waals surface area contributed by atoms with Crippen LogP contribution in [0, 0.1) is 17.3 Å². The number of aliphatic hydroxyl groups excluding tert-OH is 1. The molecule has 150 valence electrons. The summed E-state index contributed by atoms with van der Waals surface area (Å²) in [6.07, 6.45) is 9.85. The number of ketones is 1. The van der Waals surface area contributed by atoms with Crippen molar-refractivity contribution in [1.82, 2.24) is 0 Å². The van der Waals surface area contributed by atoms with Crippen molar-refractivity contribution in [3.8, 4) is 0 Å². The molecule has 7 atom stereocenters. The van der Waals surface area contributed by atoms with Gasteiger partial charge in [-0.1, -0.05) is 18.2 Å². The van der Waals surface area contributed by atoms with E-state index >= 15 is 0 Å². The quantitative estimate of drug-likeness (QED) is 0.577. The Morgan fingerprint density at radius 1 is 1.32 bits per heavy atom. The lowest BCUT2D eigenvalue weighted by Crippen LogP contribution is -2.81. The minimum atomic E-state index is -0.921. The third kappa shape index (κ3) is 1.86. The maximum absolute atomic E-state index is 12.9. The summed E-state index contributed by atoms with van der Waals surface area (Å²) in [4.78, 5) is 12.9. The van der Waals surface area contributed by atoms with Gasteiger partial charge in [0.1, 0.15) is 29.6 Å². The molecule has 28 heavy (non-hydrogen) atoms. The molecule has 3 saturated carbocycles. The molecule has 0 aromatic carbocycles. The topological polar surface area (TPSA) is 66.8 Å². The summed E-state index contributed by atoms with van der Waals surface area (Å²) in [5.41, 5.74) is -0.247. The number of hydrogen-bond acceptors (Lipinski definition) is 4. The minimum absolute atomic E-state index is 0.0696. The average Bonchev–Trinajstić information content (AvgIpc) is 3.39. The molecule has 6 aliphatic rings. The lowest BCUT2D eigenvalue weighted by atomic mass is 9.44. The Bertz CT molecular complexity index is 828. The van der Waals surface area contributed by atoms with E-state index < -0.39 is 23.2 Å². The molecule has 6 rings (SSSR count).